The molecule has 0 bridgehead atoms. The maximum absolute atomic E-state index is 14.6. The van der Waals surface area contributed by atoms with Crippen LogP contribution < -0.4 is 16.0 Å². The molecule has 1 atom stereocenters. The van der Waals surface area contributed by atoms with Crippen molar-refractivity contribution < 1.29 is 22.4 Å². The number of nitrogens with zero attached hydrogens (tertiary/aromatic N) is 3. The van der Waals surface area contributed by atoms with Gasteiger partial charge in [-0.05, 0) is 37.1 Å². The number of benzene rings is 1. The summed E-state index contributed by atoms with van der Waals surface area (Å²) in [4.78, 5) is 24.5. The first kappa shape index (κ1) is 21.8. The van der Waals surface area contributed by atoms with Gasteiger partial charge in [0.2, 0.25) is 0 Å². The fourth-order valence-corrected chi connectivity index (χ4v) is 3.67. The molecule has 11 heteroatoms. The number of aromatic amines is 1. The van der Waals surface area contributed by atoms with E-state index >= 15 is 0 Å². The zero-order valence-corrected chi connectivity index (χ0v) is 16.8. The number of carbonyl (C=O) groups is 1. The van der Waals surface area contributed by atoms with Gasteiger partial charge in [-0.2, -0.15) is 13.2 Å². The standard InChI is InChI=1S/C21H20F4N6O/c22-14-4-1-5-15(18(14)31-8-2-3-13(26)11-31)30-20(32)19-28-10-16(29-19)12-6-7-27-17(9-12)21(23,24)25/h1,4-7,9-10,13H,2-3,8,11,26H2,(H,28,29)(H,30,32)/t13-/m1/s1. The molecule has 0 aliphatic carbocycles. The van der Waals surface area contributed by atoms with Crippen molar-refractivity contribution in [2.24, 2.45) is 5.73 Å². The number of para-hydroxylation sites is 1. The summed E-state index contributed by atoms with van der Waals surface area (Å²) in [6, 6.07) is 6.48. The Hall–Kier alpha value is -3.47. The number of rotatable bonds is 4. The molecule has 3 heterocycles. The number of H-pyrrole nitrogens is 1. The lowest BCUT2D eigenvalue weighted by Crippen LogP contribution is -2.43. The minimum absolute atomic E-state index is 0.0958. The summed E-state index contributed by atoms with van der Waals surface area (Å²) in [5.41, 5.74) is 5.84. The normalized spacial score (nSPS) is 16.8. The van der Waals surface area contributed by atoms with E-state index in [1.54, 1.807) is 11.0 Å². The van der Waals surface area contributed by atoms with E-state index in [0.29, 0.717) is 13.1 Å². The minimum Gasteiger partial charge on any atom is -0.366 e. The zero-order valence-electron chi connectivity index (χ0n) is 16.8. The molecule has 1 aliphatic rings. The molecule has 7 nitrogen and oxygen atoms in total. The highest BCUT2D eigenvalue weighted by Gasteiger charge is 2.32. The van der Waals surface area contributed by atoms with Crippen LogP contribution in [-0.4, -0.2) is 40.0 Å². The number of aromatic nitrogens is 3. The molecule has 3 aromatic rings. The molecule has 1 aliphatic heterocycles. The number of nitrogens with one attached hydrogen (secondary N) is 2. The van der Waals surface area contributed by atoms with Crippen molar-refractivity contribution in [2.75, 3.05) is 23.3 Å². The number of pyridine rings is 1. The summed E-state index contributed by atoms with van der Waals surface area (Å²) in [6.45, 7) is 1.06. The zero-order chi connectivity index (χ0) is 22.9. The fraction of sp³-hybridized carbons (Fsp3) is 0.286. The van der Waals surface area contributed by atoms with E-state index in [0.717, 1.165) is 25.1 Å². The summed E-state index contributed by atoms with van der Waals surface area (Å²) in [5, 5.41) is 2.63. The predicted octanol–water partition coefficient (Wildman–Crippen LogP) is 3.81. The van der Waals surface area contributed by atoms with E-state index in [1.807, 2.05) is 0 Å². The van der Waals surface area contributed by atoms with Crippen molar-refractivity contribution >= 4 is 17.3 Å². The third-order valence-electron chi connectivity index (χ3n) is 5.16. The lowest BCUT2D eigenvalue weighted by molar-refractivity contribution is -0.141. The second kappa shape index (κ2) is 8.58. The number of carbonyl (C=O) groups excluding carboxylic acids is 1. The molecule has 4 N–H and O–H groups in total. The Bertz CT molecular complexity index is 1130. The highest BCUT2D eigenvalue weighted by molar-refractivity contribution is 6.04. The van der Waals surface area contributed by atoms with Crippen LogP contribution in [0.15, 0.2) is 42.7 Å². The van der Waals surface area contributed by atoms with Crippen LogP contribution in [0.2, 0.25) is 0 Å². The molecule has 4 rings (SSSR count). The topological polar surface area (TPSA) is 99.9 Å². The first-order valence-corrected chi connectivity index (χ1v) is 9.91. The van der Waals surface area contributed by atoms with E-state index in [2.05, 4.69) is 20.3 Å². The number of halogens is 4. The second-order valence-corrected chi connectivity index (χ2v) is 7.51. The average molecular weight is 448 g/mol. The van der Waals surface area contributed by atoms with Crippen LogP contribution in [0, 0.1) is 5.82 Å². The van der Waals surface area contributed by atoms with Crippen molar-refractivity contribution in [3.63, 3.8) is 0 Å². The van der Waals surface area contributed by atoms with Gasteiger partial charge in [-0.3, -0.25) is 9.78 Å². The van der Waals surface area contributed by atoms with E-state index in [9.17, 15) is 22.4 Å². The van der Waals surface area contributed by atoms with Crippen molar-refractivity contribution in [3.8, 4) is 11.3 Å². The van der Waals surface area contributed by atoms with Gasteiger partial charge in [-0.15, -0.1) is 0 Å². The molecule has 2 aromatic heterocycles. The third-order valence-corrected chi connectivity index (χ3v) is 5.16. The molecule has 1 saturated heterocycles. The second-order valence-electron chi connectivity index (χ2n) is 7.51. The van der Waals surface area contributed by atoms with Gasteiger partial charge in [-0.25, -0.2) is 9.37 Å². The van der Waals surface area contributed by atoms with E-state index < -0.39 is 23.6 Å². The summed E-state index contributed by atoms with van der Waals surface area (Å²) in [5.74, 6) is -1.28. The van der Waals surface area contributed by atoms with Gasteiger partial charge in [0.1, 0.15) is 11.5 Å². The lowest BCUT2D eigenvalue weighted by atomic mass is 10.1. The SMILES string of the molecule is N[C@@H]1CCCN(c2c(F)cccc2NC(=O)c2ncc(-c3ccnc(C(F)(F)F)c3)[nH]2)C1. The Balaban J connectivity index is 1.57. The number of alkyl halides is 3. The number of imidazole rings is 1. The quantitative estimate of drug-likeness (QED) is 0.527. The van der Waals surface area contributed by atoms with Crippen LogP contribution in [0.4, 0.5) is 28.9 Å². The van der Waals surface area contributed by atoms with E-state index in [4.69, 9.17) is 5.73 Å². The number of piperidine rings is 1. The maximum atomic E-state index is 14.6. The van der Waals surface area contributed by atoms with Crippen LogP contribution in [0.25, 0.3) is 11.3 Å². The fourth-order valence-electron chi connectivity index (χ4n) is 3.67. The largest absolute Gasteiger partial charge is 0.433 e. The molecule has 32 heavy (non-hydrogen) atoms. The van der Waals surface area contributed by atoms with Crippen LogP contribution in [0.5, 0.6) is 0 Å². The molecule has 0 saturated carbocycles. The van der Waals surface area contributed by atoms with E-state index in [1.165, 1.54) is 24.4 Å². The summed E-state index contributed by atoms with van der Waals surface area (Å²) >= 11 is 0. The van der Waals surface area contributed by atoms with Crippen LogP contribution in [-0.2, 0) is 6.18 Å². The predicted molar refractivity (Wildman–Crippen MR) is 111 cm³/mol. The van der Waals surface area contributed by atoms with Crippen molar-refractivity contribution in [3.05, 3.63) is 60.1 Å². The van der Waals surface area contributed by atoms with Gasteiger partial charge in [0.05, 0.1) is 23.3 Å². The van der Waals surface area contributed by atoms with Crippen molar-refractivity contribution in [1.82, 2.24) is 15.0 Å². The molecule has 0 unspecified atom stereocenters. The highest BCUT2D eigenvalue weighted by atomic mass is 19.4. The van der Waals surface area contributed by atoms with Crippen molar-refractivity contribution in [2.45, 2.75) is 25.1 Å². The van der Waals surface area contributed by atoms with Gasteiger partial charge in [-0.1, -0.05) is 6.07 Å². The first-order chi connectivity index (χ1) is 15.2. The molecule has 1 fully saturated rings. The summed E-state index contributed by atoms with van der Waals surface area (Å²) < 4.78 is 53.4. The molecule has 168 valence electrons. The number of hydrogen-bond acceptors (Lipinski definition) is 5. The van der Waals surface area contributed by atoms with Crippen molar-refractivity contribution in [1.29, 1.82) is 0 Å². The first-order valence-electron chi connectivity index (χ1n) is 9.91. The monoisotopic (exact) mass is 448 g/mol. The molecule has 0 radical (unpaired) electrons. The smallest absolute Gasteiger partial charge is 0.366 e. The molecular formula is C21H20F4N6O. The molecular weight excluding hydrogens is 428 g/mol. The minimum atomic E-state index is -4.60. The third kappa shape index (κ3) is 4.57. The maximum Gasteiger partial charge on any atom is 0.433 e. The average Bonchev–Trinajstić information content (AvgIpc) is 3.24. The van der Waals surface area contributed by atoms with Gasteiger partial charge >= 0.3 is 6.18 Å². The van der Waals surface area contributed by atoms with E-state index in [-0.39, 0.29) is 34.5 Å². The Morgan fingerprint density at radius 2 is 2.06 bits per heavy atom. The van der Waals surface area contributed by atoms with Crippen LogP contribution in [0.1, 0.15) is 29.2 Å². The summed E-state index contributed by atoms with van der Waals surface area (Å²) in [7, 11) is 0. The number of amides is 1. The van der Waals surface area contributed by atoms with Gasteiger partial charge in [0, 0.05) is 30.9 Å². The Morgan fingerprint density at radius 3 is 2.81 bits per heavy atom. The molecule has 1 amide bonds. The van der Waals surface area contributed by atoms with Crippen LogP contribution >= 0.6 is 0 Å². The van der Waals surface area contributed by atoms with Crippen LogP contribution in [0.3, 0.4) is 0 Å². The molecule has 0 spiro atoms. The van der Waals surface area contributed by atoms with Gasteiger partial charge in [0.15, 0.2) is 5.82 Å². The number of anilines is 2. The molecule has 1 aromatic carbocycles. The number of hydrogen-bond donors (Lipinski definition) is 3. The summed E-state index contributed by atoms with van der Waals surface area (Å²) in [6.07, 6.45) is -0.675. The Labute approximate surface area is 180 Å². The Kier molecular flexibility index (Phi) is 5.83. The van der Waals surface area contributed by atoms with Gasteiger partial charge in [0.25, 0.3) is 5.91 Å². The highest BCUT2D eigenvalue weighted by Crippen LogP contribution is 2.32. The lowest BCUT2D eigenvalue weighted by Gasteiger charge is -2.34. The van der Waals surface area contributed by atoms with Gasteiger partial charge < -0.3 is 20.9 Å². The Morgan fingerprint density at radius 1 is 1.25 bits per heavy atom. The number of nitrogens with two attached hydrogens (primary N) is 1.